The number of carbonyl (C=O) groups is 1. The maximum Gasteiger partial charge on any atom is 0.267 e. The van der Waals surface area contributed by atoms with Crippen LogP contribution in [0, 0.1) is 13.8 Å². The summed E-state index contributed by atoms with van der Waals surface area (Å²) in [7, 11) is 0. The SMILES string of the molecule is Cc1ccc(NC(=O)Cn2nc(-c3ccncc3)ccc2=O)c(C)c1. The first-order valence-electron chi connectivity index (χ1n) is 7.88. The summed E-state index contributed by atoms with van der Waals surface area (Å²) in [6.45, 7) is 3.77. The topological polar surface area (TPSA) is 76.9 Å². The fourth-order valence-corrected chi connectivity index (χ4v) is 2.52. The Balaban J connectivity index is 1.80. The van der Waals surface area contributed by atoms with Crippen LogP contribution in [0.5, 0.6) is 0 Å². The molecule has 3 aromatic rings. The number of aryl methyl sites for hydroxylation is 2. The molecule has 126 valence electrons. The van der Waals surface area contributed by atoms with Crippen LogP contribution < -0.4 is 10.9 Å². The molecule has 0 spiro atoms. The van der Waals surface area contributed by atoms with Crippen LogP contribution in [0.25, 0.3) is 11.3 Å². The number of amides is 1. The van der Waals surface area contributed by atoms with Crippen LogP contribution in [0.1, 0.15) is 11.1 Å². The summed E-state index contributed by atoms with van der Waals surface area (Å²) in [5, 5.41) is 7.10. The summed E-state index contributed by atoms with van der Waals surface area (Å²) in [6, 6.07) is 12.4. The van der Waals surface area contributed by atoms with Crippen molar-refractivity contribution < 1.29 is 4.79 Å². The number of anilines is 1. The maximum atomic E-state index is 12.3. The Labute approximate surface area is 145 Å². The van der Waals surface area contributed by atoms with E-state index in [1.165, 1.54) is 6.07 Å². The molecule has 2 aromatic heterocycles. The van der Waals surface area contributed by atoms with Crippen LogP contribution >= 0.6 is 0 Å². The number of pyridine rings is 1. The van der Waals surface area contributed by atoms with Gasteiger partial charge in [0.2, 0.25) is 5.91 Å². The highest BCUT2D eigenvalue weighted by Gasteiger charge is 2.09. The fraction of sp³-hybridized carbons (Fsp3) is 0.158. The Bertz CT molecular complexity index is 965. The van der Waals surface area contributed by atoms with Gasteiger partial charge < -0.3 is 5.32 Å². The molecule has 25 heavy (non-hydrogen) atoms. The van der Waals surface area contributed by atoms with E-state index in [9.17, 15) is 9.59 Å². The van der Waals surface area contributed by atoms with E-state index in [0.29, 0.717) is 5.69 Å². The first-order chi connectivity index (χ1) is 12.0. The van der Waals surface area contributed by atoms with E-state index in [1.807, 2.05) is 32.0 Å². The third-order valence-corrected chi connectivity index (χ3v) is 3.79. The second-order valence-electron chi connectivity index (χ2n) is 5.82. The van der Waals surface area contributed by atoms with Crippen LogP contribution in [-0.4, -0.2) is 20.7 Å². The number of nitrogens with zero attached hydrogens (tertiary/aromatic N) is 3. The summed E-state index contributed by atoms with van der Waals surface area (Å²) >= 11 is 0. The normalized spacial score (nSPS) is 10.5. The average molecular weight is 334 g/mol. The number of carbonyl (C=O) groups excluding carboxylic acids is 1. The predicted molar refractivity (Wildman–Crippen MR) is 96.3 cm³/mol. The molecule has 0 aliphatic rings. The molecule has 2 heterocycles. The van der Waals surface area contributed by atoms with Gasteiger partial charge in [0, 0.05) is 29.7 Å². The second-order valence-corrected chi connectivity index (χ2v) is 5.82. The van der Waals surface area contributed by atoms with Gasteiger partial charge in [-0.05, 0) is 43.7 Å². The minimum atomic E-state index is -0.325. The summed E-state index contributed by atoms with van der Waals surface area (Å²) < 4.78 is 1.16. The largest absolute Gasteiger partial charge is 0.324 e. The van der Waals surface area contributed by atoms with Crippen molar-refractivity contribution in [1.29, 1.82) is 0 Å². The number of hydrogen-bond acceptors (Lipinski definition) is 4. The van der Waals surface area contributed by atoms with Crippen molar-refractivity contribution >= 4 is 11.6 Å². The predicted octanol–water partition coefficient (Wildman–Crippen LogP) is 2.56. The lowest BCUT2D eigenvalue weighted by atomic mass is 10.1. The van der Waals surface area contributed by atoms with Crippen molar-refractivity contribution in [2.45, 2.75) is 20.4 Å². The van der Waals surface area contributed by atoms with Crippen molar-refractivity contribution in [3.63, 3.8) is 0 Å². The monoisotopic (exact) mass is 334 g/mol. The van der Waals surface area contributed by atoms with Gasteiger partial charge in [0.1, 0.15) is 6.54 Å². The van der Waals surface area contributed by atoms with Crippen molar-refractivity contribution in [2.24, 2.45) is 0 Å². The number of aromatic nitrogens is 3. The summed E-state index contributed by atoms with van der Waals surface area (Å²) in [4.78, 5) is 28.3. The minimum Gasteiger partial charge on any atom is -0.324 e. The zero-order valence-electron chi connectivity index (χ0n) is 14.1. The van der Waals surface area contributed by atoms with E-state index in [4.69, 9.17) is 0 Å². The van der Waals surface area contributed by atoms with Gasteiger partial charge in [0.25, 0.3) is 5.56 Å². The average Bonchev–Trinajstić information content (AvgIpc) is 2.60. The molecule has 1 aromatic carbocycles. The first kappa shape index (κ1) is 16.6. The van der Waals surface area contributed by atoms with E-state index in [2.05, 4.69) is 15.4 Å². The van der Waals surface area contributed by atoms with E-state index in [-0.39, 0.29) is 18.0 Å². The molecule has 3 rings (SSSR count). The number of benzene rings is 1. The highest BCUT2D eigenvalue weighted by Crippen LogP contribution is 2.16. The molecule has 6 nitrogen and oxygen atoms in total. The van der Waals surface area contributed by atoms with Crippen molar-refractivity contribution in [3.05, 3.63) is 76.3 Å². The third-order valence-electron chi connectivity index (χ3n) is 3.79. The second kappa shape index (κ2) is 7.09. The highest BCUT2D eigenvalue weighted by molar-refractivity contribution is 5.91. The van der Waals surface area contributed by atoms with Crippen molar-refractivity contribution in [2.75, 3.05) is 5.32 Å². The lowest BCUT2D eigenvalue weighted by Crippen LogP contribution is -2.29. The molecule has 0 radical (unpaired) electrons. The molecule has 0 fully saturated rings. The van der Waals surface area contributed by atoms with Gasteiger partial charge >= 0.3 is 0 Å². The van der Waals surface area contributed by atoms with Crippen LogP contribution in [0.2, 0.25) is 0 Å². The van der Waals surface area contributed by atoms with Gasteiger partial charge in [0.05, 0.1) is 5.69 Å². The van der Waals surface area contributed by atoms with Gasteiger partial charge in [-0.1, -0.05) is 17.7 Å². The maximum absolute atomic E-state index is 12.3. The molecule has 0 atom stereocenters. The van der Waals surface area contributed by atoms with Crippen molar-refractivity contribution in [1.82, 2.24) is 14.8 Å². The van der Waals surface area contributed by atoms with E-state index in [1.54, 1.807) is 30.6 Å². The van der Waals surface area contributed by atoms with Gasteiger partial charge in [-0.3, -0.25) is 14.6 Å². The molecule has 6 heteroatoms. The quantitative estimate of drug-likeness (QED) is 0.795. The van der Waals surface area contributed by atoms with Gasteiger partial charge in [-0.25, -0.2) is 4.68 Å². The molecule has 1 N–H and O–H groups in total. The lowest BCUT2D eigenvalue weighted by Gasteiger charge is -2.10. The van der Waals surface area contributed by atoms with Crippen LogP contribution in [0.15, 0.2) is 59.7 Å². The Kier molecular flexibility index (Phi) is 4.70. The van der Waals surface area contributed by atoms with Gasteiger partial charge in [-0.15, -0.1) is 0 Å². The molecular formula is C19H18N4O2. The first-order valence-corrected chi connectivity index (χ1v) is 7.88. The fourth-order valence-electron chi connectivity index (χ4n) is 2.52. The number of hydrogen-bond donors (Lipinski definition) is 1. The Hall–Kier alpha value is -3.28. The molecule has 0 unspecified atom stereocenters. The Morgan fingerprint density at radius 3 is 2.56 bits per heavy atom. The van der Waals surface area contributed by atoms with E-state index in [0.717, 1.165) is 27.1 Å². The molecular weight excluding hydrogens is 316 g/mol. The smallest absolute Gasteiger partial charge is 0.267 e. The van der Waals surface area contributed by atoms with Gasteiger partial charge in [-0.2, -0.15) is 5.10 Å². The zero-order valence-corrected chi connectivity index (χ0v) is 14.1. The lowest BCUT2D eigenvalue weighted by molar-refractivity contribution is -0.117. The van der Waals surface area contributed by atoms with Gasteiger partial charge in [0.15, 0.2) is 0 Å². The molecule has 0 saturated heterocycles. The Morgan fingerprint density at radius 2 is 1.84 bits per heavy atom. The van der Waals surface area contributed by atoms with Crippen LogP contribution in [0.4, 0.5) is 5.69 Å². The summed E-state index contributed by atoms with van der Waals surface area (Å²) in [5.41, 5.74) is 3.94. The van der Waals surface area contributed by atoms with Crippen LogP contribution in [-0.2, 0) is 11.3 Å². The number of nitrogens with one attached hydrogen (secondary N) is 1. The highest BCUT2D eigenvalue weighted by atomic mass is 16.2. The molecule has 0 aliphatic carbocycles. The molecule has 0 bridgehead atoms. The third kappa shape index (κ3) is 3.98. The standard InChI is InChI=1S/C19H18N4O2/c1-13-3-4-16(14(2)11-13)21-18(24)12-23-19(25)6-5-17(22-23)15-7-9-20-10-8-15/h3-11H,12H2,1-2H3,(H,21,24). The Morgan fingerprint density at radius 1 is 1.08 bits per heavy atom. The summed E-state index contributed by atoms with van der Waals surface area (Å²) in [5.74, 6) is -0.298. The molecule has 0 saturated carbocycles. The summed E-state index contributed by atoms with van der Waals surface area (Å²) in [6.07, 6.45) is 3.30. The minimum absolute atomic E-state index is 0.148. The number of rotatable bonds is 4. The van der Waals surface area contributed by atoms with Crippen LogP contribution in [0.3, 0.4) is 0 Å². The zero-order chi connectivity index (χ0) is 17.8. The van der Waals surface area contributed by atoms with E-state index >= 15 is 0 Å². The molecule has 0 aliphatic heterocycles. The molecule has 1 amide bonds. The van der Waals surface area contributed by atoms with E-state index < -0.39 is 0 Å². The van der Waals surface area contributed by atoms with Crippen molar-refractivity contribution in [3.8, 4) is 11.3 Å².